The fourth-order valence-corrected chi connectivity index (χ4v) is 1.25. The van der Waals surface area contributed by atoms with Crippen molar-refractivity contribution >= 4 is 24.2 Å². The van der Waals surface area contributed by atoms with Crippen molar-refractivity contribution in [2.24, 2.45) is 0 Å². The van der Waals surface area contributed by atoms with E-state index in [0.717, 1.165) is 6.08 Å². The zero-order valence-electron chi connectivity index (χ0n) is 8.55. The molecule has 1 aromatic carbocycles. The van der Waals surface area contributed by atoms with Crippen LogP contribution in [0.25, 0.3) is 0 Å². The van der Waals surface area contributed by atoms with Crippen molar-refractivity contribution in [3.63, 3.8) is 0 Å². The van der Waals surface area contributed by atoms with Crippen LogP contribution in [0.5, 0.6) is 0 Å². The van der Waals surface area contributed by atoms with Gasteiger partial charge < -0.3 is 20.5 Å². The summed E-state index contributed by atoms with van der Waals surface area (Å²) in [5, 5.41) is 29.6. The van der Waals surface area contributed by atoms with E-state index in [1.54, 1.807) is 6.07 Å². The number of nitrogens with one attached hydrogen (secondary N) is 1. The Morgan fingerprint density at radius 2 is 2.19 bits per heavy atom. The molecule has 0 aliphatic rings. The lowest BCUT2D eigenvalue weighted by Crippen LogP contribution is -2.33. The van der Waals surface area contributed by atoms with Gasteiger partial charge in [0.15, 0.2) is 0 Å². The zero-order chi connectivity index (χ0) is 12.1. The molecule has 5 nitrogen and oxygen atoms in total. The van der Waals surface area contributed by atoms with Crippen LogP contribution in [0.4, 0.5) is 5.69 Å². The number of rotatable bonds is 4. The molecule has 0 heterocycles. The van der Waals surface area contributed by atoms with Gasteiger partial charge in [0.05, 0.1) is 6.61 Å². The molecule has 84 valence electrons. The molecule has 0 saturated heterocycles. The monoisotopic (exact) mass is 221 g/mol. The van der Waals surface area contributed by atoms with Crippen LogP contribution >= 0.6 is 0 Å². The SMILES string of the molecule is C=CC(=O)Nc1ccc(CO)c(B(O)O)c1. The minimum absolute atomic E-state index is 0.157. The van der Waals surface area contributed by atoms with Crippen molar-refractivity contribution in [3.05, 3.63) is 36.4 Å². The summed E-state index contributed by atoms with van der Waals surface area (Å²) < 4.78 is 0. The summed E-state index contributed by atoms with van der Waals surface area (Å²) in [5.74, 6) is -0.393. The molecule has 0 unspecified atom stereocenters. The molecule has 0 spiro atoms. The fourth-order valence-electron chi connectivity index (χ4n) is 1.25. The molecule has 0 aliphatic carbocycles. The van der Waals surface area contributed by atoms with Crippen molar-refractivity contribution in [1.82, 2.24) is 0 Å². The van der Waals surface area contributed by atoms with Crippen molar-refractivity contribution in [1.29, 1.82) is 0 Å². The van der Waals surface area contributed by atoms with E-state index in [2.05, 4.69) is 11.9 Å². The highest BCUT2D eigenvalue weighted by Gasteiger charge is 2.16. The number of anilines is 1. The van der Waals surface area contributed by atoms with Crippen LogP contribution in [0, 0.1) is 0 Å². The summed E-state index contributed by atoms with van der Waals surface area (Å²) >= 11 is 0. The third-order valence-corrected chi connectivity index (χ3v) is 2.05. The summed E-state index contributed by atoms with van der Waals surface area (Å²) in [7, 11) is -1.69. The Hall–Kier alpha value is -1.63. The Kier molecular flexibility index (Phi) is 4.24. The number of aliphatic hydroxyl groups is 1. The molecule has 0 aliphatic heterocycles. The summed E-state index contributed by atoms with van der Waals surface area (Å²) in [5.41, 5.74) is 0.959. The normalized spacial score (nSPS) is 9.69. The second-order valence-electron chi connectivity index (χ2n) is 3.14. The van der Waals surface area contributed by atoms with Crippen LogP contribution in [-0.2, 0) is 11.4 Å². The summed E-state index contributed by atoms with van der Waals surface area (Å²) in [6.45, 7) is 2.99. The predicted molar refractivity (Wildman–Crippen MR) is 61.0 cm³/mol. The minimum Gasteiger partial charge on any atom is -0.423 e. The highest BCUT2D eigenvalue weighted by Crippen LogP contribution is 2.08. The first-order chi connectivity index (χ1) is 7.58. The van der Waals surface area contributed by atoms with E-state index >= 15 is 0 Å². The minimum atomic E-state index is -1.69. The van der Waals surface area contributed by atoms with E-state index < -0.39 is 13.0 Å². The van der Waals surface area contributed by atoms with Crippen LogP contribution < -0.4 is 10.8 Å². The zero-order valence-corrected chi connectivity index (χ0v) is 8.55. The van der Waals surface area contributed by atoms with Gasteiger partial charge >= 0.3 is 7.12 Å². The number of carbonyl (C=O) groups is 1. The van der Waals surface area contributed by atoms with Crippen molar-refractivity contribution in [3.8, 4) is 0 Å². The van der Waals surface area contributed by atoms with Crippen molar-refractivity contribution in [2.45, 2.75) is 6.61 Å². The molecule has 0 fully saturated rings. The average molecular weight is 221 g/mol. The molecule has 0 radical (unpaired) electrons. The number of hydrogen-bond donors (Lipinski definition) is 4. The first kappa shape index (κ1) is 12.4. The maximum absolute atomic E-state index is 11.0. The van der Waals surface area contributed by atoms with Gasteiger partial charge in [-0.2, -0.15) is 0 Å². The van der Waals surface area contributed by atoms with Gasteiger partial charge in [-0.25, -0.2) is 0 Å². The van der Waals surface area contributed by atoms with Crippen LogP contribution in [0.1, 0.15) is 5.56 Å². The summed E-state index contributed by atoms with van der Waals surface area (Å²) in [6.07, 6.45) is 1.11. The molecular weight excluding hydrogens is 209 g/mol. The Balaban J connectivity index is 3.02. The van der Waals surface area contributed by atoms with E-state index in [1.165, 1.54) is 12.1 Å². The largest absolute Gasteiger partial charge is 0.488 e. The molecule has 0 atom stereocenters. The highest BCUT2D eigenvalue weighted by atomic mass is 16.4. The molecular formula is C10H12BNO4. The standard InChI is InChI=1S/C10H12BNO4/c1-2-10(14)12-8-4-3-7(6-13)9(5-8)11(15)16/h2-5,13,15-16H,1,6H2,(H,12,14). The molecule has 0 saturated carbocycles. The molecule has 1 rings (SSSR count). The van der Waals surface area contributed by atoms with Crippen LogP contribution in [0.15, 0.2) is 30.9 Å². The molecule has 4 N–H and O–H groups in total. The Labute approximate surface area is 93.2 Å². The molecule has 16 heavy (non-hydrogen) atoms. The van der Waals surface area contributed by atoms with Gasteiger partial charge in [0, 0.05) is 5.69 Å². The number of aliphatic hydroxyl groups excluding tert-OH is 1. The van der Waals surface area contributed by atoms with Gasteiger partial charge in [-0.3, -0.25) is 4.79 Å². The third-order valence-electron chi connectivity index (χ3n) is 2.05. The van der Waals surface area contributed by atoms with E-state index in [9.17, 15) is 4.79 Å². The van der Waals surface area contributed by atoms with E-state index in [1.807, 2.05) is 0 Å². The highest BCUT2D eigenvalue weighted by molar-refractivity contribution is 6.59. The van der Waals surface area contributed by atoms with Gasteiger partial charge in [-0.1, -0.05) is 12.6 Å². The third kappa shape index (κ3) is 2.93. The molecule has 6 heteroatoms. The second kappa shape index (κ2) is 5.46. The molecule has 0 aromatic heterocycles. The van der Waals surface area contributed by atoms with Crippen LogP contribution in [0.2, 0.25) is 0 Å². The molecule has 0 bridgehead atoms. The molecule has 1 aromatic rings. The van der Waals surface area contributed by atoms with Gasteiger partial charge in [-0.15, -0.1) is 0 Å². The lowest BCUT2D eigenvalue weighted by atomic mass is 9.77. The van der Waals surface area contributed by atoms with Crippen LogP contribution in [-0.4, -0.2) is 28.2 Å². The summed E-state index contributed by atoms with van der Waals surface area (Å²) in [6, 6.07) is 4.45. The second-order valence-corrected chi connectivity index (χ2v) is 3.14. The number of benzene rings is 1. The van der Waals surface area contributed by atoms with Gasteiger partial charge in [0.2, 0.25) is 5.91 Å². The maximum atomic E-state index is 11.0. The first-order valence-corrected chi connectivity index (χ1v) is 4.61. The Morgan fingerprint density at radius 1 is 1.50 bits per heavy atom. The predicted octanol–water partition coefficient (Wildman–Crippen LogP) is -1.02. The van der Waals surface area contributed by atoms with Gasteiger partial charge in [0.25, 0.3) is 0 Å². The Bertz CT molecular complexity index is 406. The van der Waals surface area contributed by atoms with Gasteiger partial charge in [-0.05, 0) is 29.2 Å². The van der Waals surface area contributed by atoms with Crippen LogP contribution in [0.3, 0.4) is 0 Å². The van der Waals surface area contributed by atoms with E-state index in [0.29, 0.717) is 11.3 Å². The Morgan fingerprint density at radius 3 is 2.69 bits per heavy atom. The smallest absolute Gasteiger partial charge is 0.423 e. The van der Waals surface area contributed by atoms with Crippen molar-refractivity contribution < 1.29 is 19.9 Å². The lowest BCUT2D eigenvalue weighted by Gasteiger charge is -2.09. The number of carbonyl (C=O) groups excluding carboxylic acids is 1. The number of amides is 1. The number of hydrogen-bond acceptors (Lipinski definition) is 4. The fraction of sp³-hybridized carbons (Fsp3) is 0.100. The molecule has 1 amide bonds. The van der Waals surface area contributed by atoms with Gasteiger partial charge in [0.1, 0.15) is 0 Å². The topological polar surface area (TPSA) is 89.8 Å². The van der Waals surface area contributed by atoms with E-state index in [4.69, 9.17) is 15.2 Å². The first-order valence-electron chi connectivity index (χ1n) is 4.61. The lowest BCUT2D eigenvalue weighted by molar-refractivity contribution is -0.111. The quantitative estimate of drug-likeness (QED) is 0.387. The average Bonchev–Trinajstić information content (AvgIpc) is 2.28. The van der Waals surface area contributed by atoms with Crippen molar-refractivity contribution in [2.75, 3.05) is 5.32 Å². The van der Waals surface area contributed by atoms with E-state index in [-0.39, 0.29) is 12.1 Å². The summed E-state index contributed by atoms with van der Waals surface area (Å²) in [4.78, 5) is 11.0. The maximum Gasteiger partial charge on any atom is 0.488 e.